The van der Waals surface area contributed by atoms with Gasteiger partial charge in [0.15, 0.2) is 0 Å². The number of Topliss-reactive ketones (excluding diaryl/α,β-unsaturated/α-hetero) is 1. The van der Waals surface area contributed by atoms with Gasteiger partial charge in [0.05, 0.1) is 0 Å². The van der Waals surface area contributed by atoms with Crippen molar-refractivity contribution in [2.45, 2.75) is 60.1 Å². The Morgan fingerprint density at radius 3 is 2.44 bits per heavy atom. The molecule has 2 atom stereocenters. The van der Waals surface area contributed by atoms with Crippen LogP contribution in [0, 0.1) is 5.82 Å². The second kappa shape index (κ2) is 8.48. The zero-order valence-electron chi connectivity index (χ0n) is 20.6. The summed E-state index contributed by atoms with van der Waals surface area (Å²) in [5.41, 5.74) is 1.02. The molecule has 7 nitrogen and oxygen atoms in total. The number of ether oxygens (including phenoxy) is 3. The van der Waals surface area contributed by atoms with Crippen LogP contribution < -0.4 is 3.58 Å². The number of esters is 1. The first-order valence-corrected chi connectivity index (χ1v) is 21.3. The van der Waals surface area contributed by atoms with Crippen LogP contribution in [-0.2, 0) is 23.8 Å². The summed E-state index contributed by atoms with van der Waals surface area (Å²) in [4.78, 5) is 47.2. The van der Waals surface area contributed by atoms with E-state index < -0.39 is 48.1 Å². The first kappa shape index (κ1) is 24.9. The van der Waals surface area contributed by atoms with Gasteiger partial charge in [0.1, 0.15) is 0 Å². The van der Waals surface area contributed by atoms with E-state index in [0.29, 0.717) is 26.1 Å². The minimum atomic E-state index is -2.88. The van der Waals surface area contributed by atoms with Gasteiger partial charge in [0.25, 0.3) is 0 Å². The predicted octanol–water partition coefficient (Wildman–Crippen LogP) is 3.76. The third-order valence-corrected chi connectivity index (χ3v) is 11.7. The van der Waals surface area contributed by atoms with Crippen molar-refractivity contribution in [3.8, 4) is 0 Å². The normalized spacial score (nSPS) is 23.1. The quantitative estimate of drug-likeness (QED) is 0.393. The Morgan fingerprint density at radius 1 is 1.15 bits per heavy atom. The first-order chi connectivity index (χ1) is 15.7. The van der Waals surface area contributed by atoms with E-state index in [0.717, 1.165) is 0 Å². The van der Waals surface area contributed by atoms with Crippen molar-refractivity contribution in [3.63, 3.8) is 0 Å². The summed E-state index contributed by atoms with van der Waals surface area (Å²) in [6.07, 6.45) is -1.44. The SMILES string of the molecule is C[C@H]1OC(=O)C2=C1N(C(=O)OC(C)(C)C)C1=C(C(=O)COC1)[C@@H]2c1ccc(F)[c]([Sn]([CH3])([CH3])[CH3])c1. The second-order valence-electron chi connectivity index (χ2n) is 10.9. The molecule has 3 aliphatic rings. The Bertz CT molecular complexity index is 1150. The number of amides is 1. The number of cyclic esters (lactones) is 1. The number of carbonyl (C=O) groups is 3. The van der Waals surface area contributed by atoms with Crippen LogP contribution in [0.5, 0.6) is 0 Å². The van der Waals surface area contributed by atoms with E-state index in [4.69, 9.17) is 14.2 Å². The van der Waals surface area contributed by atoms with Gasteiger partial charge in [0, 0.05) is 0 Å². The molecule has 1 aromatic carbocycles. The van der Waals surface area contributed by atoms with Gasteiger partial charge in [0.2, 0.25) is 0 Å². The van der Waals surface area contributed by atoms with E-state index in [2.05, 4.69) is 14.8 Å². The summed E-state index contributed by atoms with van der Waals surface area (Å²) in [5, 5.41) is 0. The average Bonchev–Trinajstić information content (AvgIpc) is 2.99. The molecule has 0 aromatic heterocycles. The Labute approximate surface area is 202 Å². The molecule has 34 heavy (non-hydrogen) atoms. The van der Waals surface area contributed by atoms with Crippen molar-refractivity contribution in [2.24, 2.45) is 0 Å². The summed E-state index contributed by atoms with van der Waals surface area (Å²) >= 11 is -2.88. The number of carbonyl (C=O) groups excluding carboxylic acids is 3. The van der Waals surface area contributed by atoms with E-state index >= 15 is 0 Å². The molecule has 0 unspecified atom stereocenters. The van der Waals surface area contributed by atoms with Gasteiger partial charge in [-0.3, -0.25) is 0 Å². The van der Waals surface area contributed by atoms with Crippen LogP contribution in [0.15, 0.2) is 40.7 Å². The van der Waals surface area contributed by atoms with E-state index in [1.165, 1.54) is 11.0 Å². The van der Waals surface area contributed by atoms with Crippen molar-refractivity contribution in [2.75, 3.05) is 13.2 Å². The van der Waals surface area contributed by atoms with Crippen molar-refractivity contribution in [1.29, 1.82) is 0 Å². The van der Waals surface area contributed by atoms with Crippen LogP contribution in [0.4, 0.5) is 9.18 Å². The van der Waals surface area contributed by atoms with Gasteiger partial charge in [-0.05, 0) is 0 Å². The van der Waals surface area contributed by atoms with Crippen LogP contribution in [0.2, 0.25) is 14.8 Å². The number of ketones is 1. The molecule has 0 aliphatic carbocycles. The van der Waals surface area contributed by atoms with Gasteiger partial charge < -0.3 is 0 Å². The van der Waals surface area contributed by atoms with Crippen molar-refractivity contribution >= 4 is 39.8 Å². The van der Waals surface area contributed by atoms with Crippen molar-refractivity contribution < 1.29 is 33.0 Å². The third kappa shape index (κ3) is 4.30. The molecule has 1 amide bonds. The monoisotopic (exact) mass is 579 g/mol. The number of nitrogens with zero attached hydrogens (tertiary/aromatic N) is 1. The average molecular weight is 578 g/mol. The van der Waals surface area contributed by atoms with Crippen molar-refractivity contribution in [1.82, 2.24) is 4.90 Å². The molecule has 3 heterocycles. The molecule has 0 radical (unpaired) electrons. The molecule has 3 aliphatic heterocycles. The maximum atomic E-state index is 14.8. The van der Waals surface area contributed by atoms with Gasteiger partial charge in [-0.25, -0.2) is 0 Å². The molecule has 1 aromatic rings. The molecule has 182 valence electrons. The van der Waals surface area contributed by atoms with Crippen LogP contribution in [-0.4, -0.2) is 66.0 Å². The number of rotatable bonds is 2. The molecule has 0 saturated carbocycles. The summed E-state index contributed by atoms with van der Waals surface area (Å²) in [7, 11) is 0. The van der Waals surface area contributed by atoms with Crippen LogP contribution >= 0.6 is 0 Å². The fourth-order valence-corrected chi connectivity index (χ4v) is 8.67. The fraction of sp³-hybridized carbons (Fsp3) is 0.480. The molecular weight excluding hydrogens is 548 g/mol. The Kier molecular flexibility index (Phi) is 6.21. The molecular formula is C25H30FNO6Sn. The predicted molar refractivity (Wildman–Crippen MR) is 126 cm³/mol. The molecule has 0 fully saturated rings. The molecule has 0 N–H and O–H groups in total. The zero-order chi connectivity index (χ0) is 25.2. The van der Waals surface area contributed by atoms with E-state index in [-0.39, 0.29) is 30.4 Å². The Balaban J connectivity index is 1.97. The van der Waals surface area contributed by atoms with Gasteiger partial charge >= 0.3 is 203 Å². The minimum absolute atomic E-state index is 0.00105. The molecule has 0 spiro atoms. The summed E-state index contributed by atoms with van der Waals surface area (Å²) in [6.45, 7) is 6.72. The van der Waals surface area contributed by atoms with Gasteiger partial charge in [-0.2, -0.15) is 0 Å². The van der Waals surface area contributed by atoms with Gasteiger partial charge in [-0.1, -0.05) is 0 Å². The summed E-state index contributed by atoms with van der Waals surface area (Å²) in [6, 6.07) is 4.80. The summed E-state index contributed by atoms with van der Waals surface area (Å²) < 4.78 is 32.1. The van der Waals surface area contributed by atoms with E-state index in [9.17, 15) is 18.8 Å². The Morgan fingerprint density at radius 2 is 1.82 bits per heavy atom. The Hall–Kier alpha value is -2.20. The van der Waals surface area contributed by atoms with E-state index in [1.54, 1.807) is 39.8 Å². The first-order valence-electron chi connectivity index (χ1n) is 11.3. The van der Waals surface area contributed by atoms with Gasteiger partial charge in [-0.15, -0.1) is 0 Å². The number of hydrogen-bond acceptors (Lipinski definition) is 6. The summed E-state index contributed by atoms with van der Waals surface area (Å²) in [5.74, 6) is -1.98. The molecule has 0 saturated heterocycles. The molecule has 4 rings (SSSR count). The molecule has 9 heteroatoms. The number of halogens is 1. The van der Waals surface area contributed by atoms with Crippen LogP contribution in [0.1, 0.15) is 39.2 Å². The van der Waals surface area contributed by atoms with Crippen molar-refractivity contribution in [3.05, 3.63) is 52.1 Å². The second-order valence-corrected chi connectivity index (χ2v) is 25.2. The zero-order valence-corrected chi connectivity index (χ0v) is 23.4. The van der Waals surface area contributed by atoms with Crippen LogP contribution in [0.3, 0.4) is 0 Å². The van der Waals surface area contributed by atoms with Crippen LogP contribution in [0.25, 0.3) is 0 Å². The molecule has 0 bridgehead atoms. The fourth-order valence-electron chi connectivity index (χ4n) is 4.68. The standard InChI is InChI=1S/C22H21FNO6.3CH3.Sn/c1-11-19-18(20(26)29-11)16(12-5-7-13(23)8-6-12)17-14(9-28-10-15(17)25)24(19)21(27)30-22(2,3)4;;;;/h5-7,11,16H,9-10H2,1-4H3;3*1H3;/t11-,16+;;;;/m1..../s1. The number of hydrogen-bond donors (Lipinski definition) is 0. The maximum absolute atomic E-state index is 14.8. The topological polar surface area (TPSA) is 82.1 Å². The third-order valence-electron chi connectivity index (χ3n) is 6.04. The number of benzene rings is 1. The van der Waals surface area contributed by atoms with E-state index in [1.807, 2.05) is 0 Å².